The Hall–Kier alpha value is -1.35. The summed E-state index contributed by atoms with van der Waals surface area (Å²) in [4.78, 5) is 11.7. The Balaban J connectivity index is 1.53. The number of ether oxygens (including phenoxy) is 1. The maximum absolute atomic E-state index is 11.7. The molecule has 0 aliphatic heterocycles. The van der Waals surface area contributed by atoms with Gasteiger partial charge in [0, 0.05) is 6.42 Å². The first-order chi connectivity index (χ1) is 15.6. The molecule has 33 heavy (non-hydrogen) atoms. The largest absolute Gasteiger partial charge is 0.461 e. The van der Waals surface area contributed by atoms with Crippen LogP contribution in [0, 0.1) is 46.3 Å². The highest BCUT2D eigenvalue weighted by atomic mass is 16.5. The molecule has 3 fully saturated rings. The normalized spacial score (nSPS) is 39.9. The van der Waals surface area contributed by atoms with Crippen molar-refractivity contribution in [2.45, 2.75) is 92.6 Å². The molecular weight excluding hydrogens is 406 g/mol. The molecule has 2 N–H and O–H groups in total. The highest BCUT2D eigenvalue weighted by Gasteiger charge is 2.56. The molecule has 4 rings (SSSR count). The van der Waals surface area contributed by atoms with Crippen molar-refractivity contribution in [2.75, 3.05) is 6.54 Å². The predicted octanol–water partition coefficient (Wildman–Crippen LogP) is 6.84. The number of hydrogen-bond donors (Lipinski definition) is 1. The van der Waals surface area contributed by atoms with Gasteiger partial charge in [-0.15, -0.1) is 0 Å². The number of fused-ring (bicyclic) bond motifs is 5. The molecule has 0 aromatic carbocycles. The van der Waals surface area contributed by atoms with Crippen molar-refractivity contribution < 1.29 is 9.53 Å². The van der Waals surface area contributed by atoms with E-state index in [2.05, 4.69) is 65.8 Å². The lowest BCUT2D eigenvalue weighted by Gasteiger charge is -2.55. The van der Waals surface area contributed by atoms with Gasteiger partial charge in [-0.1, -0.05) is 77.0 Å². The second-order valence-electron chi connectivity index (χ2n) is 12.5. The summed E-state index contributed by atoms with van der Waals surface area (Å²) in [6, 6.07) is 0. The molecule has 0 heterocycles. The topological polar surface area (TPSA) is 52.3 Å². The standard InChI is InChI=1S/C30H47NO2/c1-19(2)20(3)7-8-21(4)25-11-12-26-24-10-9-22-17-23(33-28(32)18-31)13-15-29(22,5)27(24)14-16-30(25,26)6/h7-10,19-21,23,25-27H,11-18,31H2,1-6H3/b8-7+/t20?,21-,23+,25-,26+,27+,29+,30-/m1/s1. The lowest BCUT2D eigenvalue weighted by Crippen LogP contribution is -2.47. The van der Waals surface area contributed by atoms with Gasteiger partial charge >= 0.3 is 5.97 Å². The Labute approximate surface area is 202 Å². The van der Waals surface area contributed by atoms with E-state index in [1.54, 1.807) is 5.57 Å². The average Bonchev–Trinajstić information content (AvgIpc) is 3.14. The van der Waals surface area contributed by atoms with Gasteiger partial charge in [-0.2, -0.15) is 0 Å². The van der Waals surface area contributed by atoms with Crippen molar-refractivity contribution in [2.24, 2.45) is 52.1 Å². The highest BCUT2D eigenvalue weighted by Crippen LogP contribution is 2.66. The lowest BCUT2D eigenvalue weighted by molar-refractivity contribution is -0.149. The van der Waals surface area contributed by atoms with E-state index in [1.807, 2.05) is 0 Å². The van der Waals surface area contributed by atoms with Crippen molar-refractivity contribution in [1.29, 1.82) is 0 Å². The van der Waals surface area contributed by atoms with Gasteiger partial charge in [0.05, 0.1) is 6.54 Å². The van der Waals surface area contributed by atoms with Gasteiger partial charge in [0.2, 0.25) is 0 Å². The molecule has 4 aliphatic rings. The second-order valence-corrected chi connectivity index (χ2v) is 12.5. The minimum atomic E-state index is -0.271. The molecule has 0 aromatic rings. The molecule has 0 radical (unpaired) electrons. The number of nitrogens with two attached hydrogens (primary N) is 1. The van der Waals surface area contributed by atoms with Crippen LogP contribution < -0.4 is 5.73 Å². The first-order valence-electron chi connectivity index (χ1n) is 13.6. The molecule has 0 aromatic heterocycles. The molecule has 0 spiro atoms. The van der Waals surface area contributed by atoms with Gasteiger partial charge in [0.1, 0.15) is 6.10 Å². The SMILES string of the molecule is CC(C)C(C)/C=C/[C@@H](C)[C@H]1CC[C@H]2C3=CC=C4C[C@@H](OC(=O)CN)CC[C@]4(C)[C@H]3CC[C@]12C. The summed E-state index contributed by atoms with van der Waals surface area (Å²) in [6.07, 6.45) is 18.2. The third-order valence-electron chi connectivity index (χ3n) is 10.5. The molecule has 3 heteroatoms. The van der Waals surface area contributed by atoms with Gasteiger partial charge in [-0.05, 0) is 84.9 Å². The van der Waals surface area contributed by atoms with Gasteiger partial charge in [0.15, 0.2) is 0 Å². The first kappa shape index (κ1) is 24.8. The number of carbonyl (C=O) groups excluding carboxylic acids is 1. The van der Waals surface area contributed by atoms with Crippen LogP contribution in [0.1, 0.15) is 86.5 Å². The Morgan fingerprint density at radius 2 is 1.82 bits per heavy atom. The van der Waals surface area contributed by atoms with Gasteiger partial charge in [0.25, 0.3) is 0 Å². The fourth-order valence-electron chi connectivity index (χ4n) is 7.91. The van der Waals surface area contributed by atoms with Crippen LogP contribution >= 0.6 is 0 Å². The molecule has 3 nitrogen and oxygen atoms in total. The molecule has 8 atom stereocenters. The van der Waals surface area contributed by atoms with Crippen LogP contribution in [-0.4, -0.2) is 18.6 Å². The lowest BCUT2D eigenvalue weighted by atomic mass is 9.50. The molecule has 0 saturated heterocycles. The van der Waals surface area contributed by atoms with Crippen molar-refractivity contribution in [1.82, 2.24) is 0 Å². The third kappa shape index (κ3) is 4.40. The minimum absolute atomic E-state index is 0.000842. The van der Waals surface area contributed by atoms with Crippen molar-refractivity contribution >= 4 is 5.97 Å². The van der Waals surface area contributed by atoms with Gasteiger partial charge in [-0.25, -0.2) is 0 Å². The molecule has 0 amide bonds. The van der Waals surface area contributed by atoms with Crippen molar-refractivity contribution in [3.63, 3.8) is 0 Å². The van der Waals surface area contributed by atoms with E-state index < -0.39 is 0 Å². The van der Waals surface area contributed by atoms with E-state index in [1.165, 1.54) is 31.3 Å². The summed E-state index contributed by atoms with van der Waals surface area (Å²) in [5.74, 6) is 3.90. The number of carbonyl (C=O) groups is 1. The molecule has 184 valence electrons. The molecular formula is C30H47NO2. The predicted molar refractivity (Wildman–Crippen MR) is 136 cm³/mol. The summed E-state index contributed by atoms with van der Waals surface area (Å²) < 4.78 is 5.62. The molecule has 4 aliphatic carbocycles. The van der Waals surface area contributed by atoms with Gasteiger partial charge in [-0.3, -0.25) is 4.79 Å². The van der Waals surface area contributed by atoms with Crippen molar-refractivity contribution in [3.8, 4) is 0 Å². The van der Waals surface area contributed by atoms with E-state index in [-0.39, 0.29) is 24.0 Å². The van der Waals surface area contributed by atoms with Gasteiger partial charge < -0.3 is 10.5 Å². The minimum Gasteiger partial charge on any atom is -0.461 e. The zero-order valence-corrected chi connectivity index (χ0v) is 21.9. The molecule has 0 bridgehead atoms. The zero-order valence-electron chi connectivity index (χ0n) is 21.9. The summed E-state index contributed by atoms with van der Waals surface area (Å²) in [7, 11) is 0. The van der Waals surface area contributed by atoms with E-state index in [0.29, 0.717) is 29.1 Å². The van der Waals surface area contributed by atoms with Crippen LogP contribution in [0.25, 0.3) is 0 Å². The van der Waals surface area contributed by atoms with Crippen LogP contribution in [0.15, 0.2) is 35.5 Å². The van der Waals surface area contributed by atoms with E-state index in [0.717, 1.165) is 31.1 Å². The number of hydrogen-bond acceptors (Lipinski definition) is 3. The third-order valence-corrected chi connectivity index (χ3v) is 10.5. The maximum Gasteiger partial charge on any atom is 0.319 e. The van der Waals surface area contributed by atoms with Crippen LogP contribution in [-0.2, 0) is 9.53 Å². The molecule has 3 saturated carbocycles. The number of rotatable bonds is 6. The zero-order chi connectivity index (χ0) is 24.0. The average molecular weight is 454 g/mol. The van der Waals surface area contributed by atoms with Crippen molar-refractivity contribution in [3.05, 3.63) is 35.5 Å². The van der Waals surface area contributed by atoms with Crippen LogP contribution in [0.3, 0.4) is 0 Å². The highest BCUT2D eigenvalue weighted by molar-refractivity contribution is 5.71. The molecule has 1 unspecified atom stereocenters. The Kier molecular flexibility index (Phi) is 7.03. The fourth-order valence-corrected chi connectivity index (χ4v) is 7.91. The smallest absolute Gasteiger partial charge is 0.319 e. The van der Waals surface area contributed by atoms with E-state index in [4.69, 9.17) is 10.5 Å². The fraction of sp³-hybridized carbons (Fsp3) is 0.767. The first-order valence-corrected chi connectivity index (χ1v) is 13.6. The maximum atomic E-state index is 11.7. The summed E-state index contributed by atoms with van der Waals surface area (Å²) >= 11 is 0. The number of esters is 1. The van der Waals surface area contributed by atoms with Crippen LogP contribution in [0.4, 0.5) is 0 Å². The van der Waals surface area contributed by atoms with E-state index >= 15 is 0 Å². The monoisotopic (exact) mass is 453 g/mol. The van der Waals surface area contributed by atoms with Crippen LogP contribution in [0.2, 0.25) is 0 Å². The summed E-state index contributed by atoms with van der Waals surface area (Å²) in [6.45, 7) is 14.5. The van der Waals surface area contributed by atoms with Crippen LogP contribution in [0.5, 0.6) is 0 Å². The number of allylic oxidation sites excluding steroid dienone is 5. The second kappa shape index (κ2) is 9.36. The van der Waals surface area contributed by atoms with E-state index in [9.17, 15) is 4.79 Å². The summed E-state index contributed by atoms with van der Waals surface area (Å²) in [5.41, 5.74) is 9.35. The Morgan fingerprint density at radius 3 is 2.52 bits per heavy atom. The quantitative estimate of drug-likeness (QED) is 0.354. The summed E-state index contributed by atoms with van der Waals surface area (Å²) in [5, 5.41) is 0. The Bertz CT molecular complexity index is 838. The Morgan fingerprint density at radius 1 is 1.06 bits per heavy atom.